The van der Waals surface area contributed by atoms with Crippen LogP contribution in [-0.4, -0.2) is 96.4 Å². The summed E-state index contributed by atoms with van der Waals surface area (Å²) in [6.07, 6.45) is 2.71. The molecule has 2 aliphatic rings. The number of rotatable bonds is 7. The molecule has 0 aromatic rings. The molecule has 0 aliphatic carbocycles. The zero-order valence-electron chi connectivity index (χ0n) is 27.5. The van der Waals surface area contributed by atoms with Crippen molar-refractivity contribution in [1.82, 2.24) is 4.90 Å². The minimum atomic E-state index is -1.01. The van der Waals surface area contributed by atoms with E-state index >= 15 is 0 Å². The number of allylic oxidation sites excluding steroid dienone is 3. The van der Waals surface area contributed by atoms with Crippen molar-refractivity contribution in [1.29, 1.82) is 0 Å². The van der Waals surface area contributed by atoms with Gasteiger partial charge in [-0.25, -0.2) is 0 Å². The smallest absolute Gasteiger partial charge is 0.309 e. The van der Waals surface area contributed by atoms with Gasteiger partial charge < -0.3 is 34.1 Å². The van der Waals surface area contributed by atoms with Gasteiger partial charge in [-0.15, -0.1) is 0 Å². The van der Waals surface area contributed by atoms with Gasteiger partial charge in [-0.05, 0) is 65.6 Å². The molecule has 2 heterocycles. The van der Waals surface area contributed by atoms with Crippen LogP contribution in [0.1, 0.15) is 80.6 Å². The molecule has 11 atom stereocenters. The SMILES string of the molecule is CC[C@H]1OC(=O)C[C@@H](OC(C)=O)[C@H](C)[C@@H](OC2OC(C)CC(N(C)C)C2O)[C@@H](CCO)C[C@@H](C)C(=O)/C=C/C(C)=C/[C@@H]1C. The first-order chi connectivity index (χ1) is 20.2. The first-order valence-corrected chi connectivity index (χ1v) is 15.7. The van der Waals surface area contributed by atoms with Gasteiger partial charge >= 0.3 is 11.9 Å². The zero-order valence-corrected chi connectivity index (χ0v) is 27.5. The normalized spacial score (nSPS) is 39.1. The van der Waals surface area contributed by atoms with Crippen LogP contribution in [0.15, 0.2) is 23.8 Å². The highest BCUT2D eigenvalue weighted by molar-refractivity contribution is 5.91. The maximum absolute atomic E-state index is 13.3. The second kappa shape index (κ2) is 17.4. The maximum Gasteiger partial charge on any atom is 0.309 e. The lowest BCUT2D eigenvalue weighted by molar-refractivity contribution is -0.283. The summed E-state index contributed by atoms with van der Waals surface area (Å²) in [5.41, 5.74) is 0.877. The van der Waals surface area contributed by atoms with Crippen LogP contribution < -0.4 is 0 Å². The maximum atomic E-state index is 13.3. The summed E-state index contributed by atoms with van der Waals surface area (Å²) in [6.45, 7) is 12.5. The lowest BCUT2D eigenvalue weighted by atomic mass is 9.79. The summed E-state index contributed by atoms with van der Waals surface area (Å²) in [7, 11) is 3.77. The van der Waals surface area contributed by atoms with Crippen molar-refractivity contribution < 1.29 is 43.5 Å². The number of ether oxygens (including phenoxy) is 4. The van der Waals surface area contributed by atoms with Crippen LogP contribution in [-0.2, 0) is 33.3 Å². The lowest BCUT2D eigenvalue weighted by Crippen LogP contribution is -2.56. The molecule has 2 rings (SSSR count). The minimum absolute atomic E-state index is 0.0629. The van der Waals surface area contributed by atoms with E-state index < -0.39 is 54.5 Å². The van der Waals surface area contributed by atoms with Gasteiger partial charge in [0.05, 0.1) is 18.6 Å². The molecule has 4 unspecified atom stereocenters. The monoisotopic (exact) mass is 609 g/mol. The average Bonchev–Trinajstić information content (AvgIpc) is 2.92. The van der Waals surface area contributed by atoms with Gasteiger partial charge in [0.1, 0.15) is 18.3 Å². The van der Waals surface area contributed by atoms with Gasteiger partial charge in [-0.1, -0.05) is 45.4 Å². The molecule has 0 bridgehead atoms. The van der Waals surface area contributed by atoms with Gasteiger partial charge in [0.25, 0.3) is 0 Å². The summed E-state index contributed by atoms with van der Waals surface area (Å²) in [6, 6.07) is -0.222. The predicted molar refractivity (Wildman–Crippen MR) is 163 cm³/mol. The largest absolute Gasteiger partial charge is 0.462 e. The highest BCUT2D eigenvalue weighted by Crippen LogP contribution is 2.35. The number of esters is 2. The van der Waals surface area contributed by atoms with E-state index in [1.165, 1.54) is 6.92 Å². The summed E-state index contributed by atoms with van der Waals surface area (Å²) in [5.74, 6) is -2.60. The molecule has 1 fully saturated rings. The summed E-state index contributed by atoms with van der Waals surface area (Å²) < 4.78 is 24.3. The molecule has 0 aromatic carbocycles. The number of hydrogen-bond acceptors (Lipinski definition) is 10. The van der Waals surface area contributed by atoms with E-state index in [-0.39, 0.29) is 49.2 Å². The Kier molecular flexibility index (Phi) is 15.0. The van der Waals surface area contributed by atoms with Crippen LogP contribution in [0.4, 0.5) is 0 Å². The Balaban J connectivity index is 2.60. The van der Waals surface area contributed by atoms with E-state index in [2.05, 4.69) is 0 Å². The zero-order chi connectivity index (χ0) is 32.4. The Hall–Kier alpha value is -2.11. The third-order valence-corrected chi connectivity index (χ3v) is 8.77. The van der Waals surface area contributed by atoms with E-state index in [0.29, 0.717) is 19.3 Å². The van der Waals surface area contributed by atoms with Crippen molar-refractivity contribution in [3.8, 4) is 0 Å². The molecule has 0 radical (unpaired) electrons. The van der Waals surface area contributed by atoms with E-state index in [9.17, 15) is 24.6 Å². The van der Waals surface area contributed by atoms with E-state index in [1.807, 2.05) is 66.6 Å². The van der Waals surface area contributed by atoms with Crippen LogP contribution in [0.5, 0.6) is 0 Å². The fourth-order valence-corrected chi connectivity index (χ4v) is 6.28. The number of ketones is 1. The summed E-state index contributed by atoms with van der Waals surface area (Å²) >= 11 is 0. The second-order valence-corrected chi connectivity index (χ2v) is 12.7. The molecule has 0 saturated carbocycles. The first-order valence-electron chi connectivity index (χ1n) is 15.7. The van der Waals surface area contributed by atoms with Crippen LogP contribution in [0, 0.1) is 23.7 Å². The van der Waals surface area contributed by atoms with Crippen LogP contribution in [0.25, 0.3) is 0 Å². The molecule has 10 heteroatoms. The predicted octanol–water partition coefficient (Wildman–Crippen LogP) is 3.82. The number of nitrogens with zero attached hydrogens (tertiary/aromatic N) is 1. The molecular formula is C33H55NO9. The highest BCUT2D eigenvalue weighted by atomic mass is 16.7. The summed E-state index contributed by atoms with van der Waals surface area (Å²) in [5, 5.41) is 21.4. The molecule has 10 nitrogen and oxygen atoms in total. The number of aliphatic hydroxyl groups is 2. The third kappa shape index (κ3) is 11.1. The number of likely N-dealkylation sites (N-methyl/N-ethyl adjacent to an activating group) is 1. The molecule has 0 amide bonds. The molecule has 2 aliphatic heterocycles. The highest BCUT2D eigenvalue weighted by Gasteiger charge is 2.44. The fraction of sp³-hybridized carbons (Fsp3) is 0.788. The number of carbonyl (C=O) groups is 3. The van der Waals surface area contributed by atoms with Gasteiger partial charge in [0, 0.05) is 37.3 Å². The van der Waals surface area contributed by atoms with Crippen molar-refractivity contribution >= 4 is 17.7 Å². The number of hydrogen-bond donors (Lipinski definition) is 2. The van der Waals surface area contributed by atoms with Gasteiger partial charge in [-0.2, -0.15) is 0 Å². The molecule has 1 saturated heterocycles. The summed E-state index contributed by atoms with van der Waals surface area (Å²) in [4.78, 5) is 40.7. The Morgan fingerprint density at radius 1 is 1.12 bits per heavy atom. The topological polar surface area (TPSA) is 132 Å². The van der Waals surface area contributed by atoms with Crippen LogP contribution in [0.2, 0.25) is 0 Å². The Morgan fingerprint density at radius 3 is 2.37 bits per heavy atom. The third-order valence-electron chi connectivity index (χ3n) is 8.77. The van der Waals surface area contributed by atoms with Gasteiger partial charge in [-0.3, -0.25) is 14.4 Å². The molecule has 2 N–H and O–H groups in total. The van der Waals surface area contributed by atoms with Crippen molar-refractivity contribution in [2.75, 3.05) is 20.7 Å². The van der Waals surface area contributed by atoms with E-state index in [4.69, 9.17) is 18.9 Å². The van der Waals surface area contributed by atoms with Crippen molar-refractivity contribution in [2.45, 2.75) is 123 Å². The quantitative estimate of drug-likeness (QED) is 0.411. The molecule has 0 aromatic heterocycles. The van der Waals surface area contributed by atoms with Crippen LogP contribution in [0.3, 0.4) is 0 Å². The lowest BCUT2D eigenvalue weighted by Gasteiger charge is -2.44. The Morgan fingerprint density at radius 2 is 1.79 bits per heavy atom. The Bertz CT molecular complexity index is 979. The Labute approximate surface area is 257 Å². The van der Waals surface area contributed by atoms with Gasteiger partial charge in [0.15, 0.2) is 12.1 Å². The molecule has 43 heavy (non-hydrogen) atoms. The van der Waals surface area contributed by atoms with Crippen molar-refractivity contribution in [3.05, 3.63) is 23.8 Å². The van der Waals surface area contributed by atoms with E-state index in [0.717, 1.165) is 5.57 Å². The molecule has 246 valence electrons. The van der Waals surface area contributed by atoms with Crippen molar-refractivity contribution in [3.63, 3.8) is 0 Å². The second-order valence-electron chi connectivity index (χ2n) is 12.7. The van der Waals surface area contributed by atoms with Gasteiger partial charge in [0.2, 0.25) is 0 Å². The minimum Gasteiger partial charge on any atom is -0.462 e. The number of cyclic esters (lactones) is 1. The number of carbonyl (C=O) groups excluding carboxylic acids is 3. The first kappa shape index (κ1) is 37.1. The van der Waals surface area contributed by atoms with E-state index in [1.54, 1.807) is 12.2 Å². The van der Waals surface area contributed by atoms with Crippen LogP contribution >= 0.6 is 0 Å². The fourth-order valence-electron chi connectivity index (χ4n) is 6.28. The average molecular weight is 610 g/mol. The number of aliphatic hydroxyl groups excluding tert-OH is 2. The molecular weight excluding hydrogens is 554 g/mol. The molecule has 0 spiro atoms. The van der Waals surface area contributed by atoms with Crippen molar-refractivity contribution in [2.24, 2.45) is 23.7 Å². The standard InChI is InChI=1S/C33H55NO9/c1-10-28-21(4)15-19(2)11-12-27(37)20(3)16-25(13-14-35)32(23(6)29(41-24(7)36)18-30(38)42-28)43-33-31(39)26(34(8)9)17-22(5)40-33/h11-12,15,20-23,25-26,28-29,31-33,35,39H,10,13-14,16-18H2,1-9H3/b12-11+,19-15+/t20-,21+,22?,23+,25+,26?,28-,29-,31?,32-,33?/m1/s1.